The number of hydrogen-bond donors (Lipinski definition) is 1. The fourth-order valence-electron chi connectivity index (χ4n) is 4.29. The van der Waals surface area contributed by atoms with Gasteiger partial charge in [0.25, 0.3) is 15.9 Å². The summed E-state index contributed by atoms with van der Waals surface area (Å²) in [6.45, 7) is 2.44. The molecular weight excluding hydrogens is 440 g/mol. The zero-order valence-electron chi connectivity index (χ0n) is 18.1. The number of para-hydroxylation sites is 3. The quantitative estimate of drug-likeness (QED) is 0.626. The fraction of sp³-hybridized carbons (Fsp3) is 0.240. The molecule has 0 unspecified atom stereocenters. The van der Waals surface area contributed by atoms with E-state index in [9.17, 15) is 13.2 Å². The third-order valence-corrected chi connectivity index (χ3v) is 7.78. The number of nitrogens with one attached hydrogen (secondary N) is 1. The first-order chi connectivity index (χ1) is 15.9. The van der Waals surface area contributed by atoms with E-state index in [1.165, 1.54) is 16.4 Å². The van der Waals surface area contributed by atoms with E-state index in [1.807, 2.05) is 55.5 Å². The second kappa shape index (κ2) is 8.44. The number of amides is 1. The summed E-state index contributed by atoms with van der Waals surface area (Å²) in [5.41, 5.74) is 1.96. The van der Waals surface area contributed by atoms with Gasteiger partial charge in [0.15, 0.2) is 11.5 Å². The van der Waals surface area contributed by atoms with Gasteiger partial charge in [-0.3, -0.25) is 9.10 Å². The number of sulfonamides is 1. The molecule has 0 fully saturated rings. The van der Waals surface area contributed by atoms with Gasteiger partial charge in [0, 0.05) is 11.6 Å². The van der Waals surface area contributed by atoms with Crippen LogP contribution in [0.4, 0.5) is 5.69 Å². The lowest BCUT2D eigenvalue weighted by Crippen LogP contribution is -2.40. The molecule has 0 saturated heterocycles. The van der Waals surface area contributed by atoms with E-state index >= 15 is 0 Å². The van der Waals surface area contributed by atoms with Crippen molar-refractivity contribution in [1.29, 1.82) is 0 Å². The van der Waals surface area contributed by atoms with Crippen LogP contribution in [-0.4, -0.2) is 39.6 Å². The van der Waals surface area contributed by atoms with Crippen molar-refractivity contribution in [3.05, 3.63) is 83.9 Å². The number of rotatable bonds is 5. The summed E-state index contributed by atoms with van der Waals surface area (Å²) in [5, 5.41) is 2.82. The first-order valence-electron chi connectivity index (χ1n) is 10.8. The number of hydrogen-bond acceptors (Lipinski definition) is 5. The number of fused-ring (bicyclic) bond motifs is 2. The predicted octanol–water partition coefficient (Wildman–Crippen LogP) is 3.40. The summed E-state index contributed by atoms with van der Waals surface area (Å²) in [7, 11) is -3.82. The van der Waals surface area contributed by atoms with E-state index in [-0.39, 0.29) is 35.1 Å². The number of carbonyl (C=O) groups is 1. The molecule has 8 heteroatoms. The molecule has 0 aromatic heterocycles. The van der Waals surface area contributed by atoms with Crippen molar-refractivity contribution in [2.45, 2.75) is 30.4 Å². The molecule has 3 aromatic rings. The van der Waals surface area contributed by atoms with Crippen molar-refractivity contribution < 1.29 is 22.7 Å². The average molecular weight is 465 g/mol. The molecule has 0 radical (unpaired) electrons. The SMILES string of the molecule is C[C@H]1Cc2ccccc2N1S(=O)(=O)c1cccc(C(=O)NC[C@H]2COc3ccccc3O2)c1. The smallest absolute Gasteiger partial charge is 0.264 e. The van der Waals surface area contributed by atoms with E-state index in [0.29, 0.717) is 30.2 Å². The number of ether oxygens (including phenoxy) is 2. The summed E-state index contributed by atoms with van der Waals surface area (Å²) >= 11 is 0. The van der Waals surface area contributed by atoms with E-state index < -0.39 is 10.0 Å². The normalized spacial score (nSPS) is 19.1. The Labute approximate surface area is 193 Å². The van der Waals surface area contributed by atoms with Gasteiger partial charge in [-0.25, -0.2) is 8.42 Å². The van der Waals surface area contributed by atoms with Gasteiger partial charge in [0.05, 0.1) is 17.1 Å². The maximum absolute atomic E-state index is 13.5. The molecule has 1 amide bonds. The van der Waals surface area contributed by atoms with Crippen LogP contribution in [0.1, 0.15) is 22.8 Å². The lowest BCUT2D eigenvalue weighted by Gasteiger charge is -2.26. The van der Waals surface area contributed by atoms with Gasteiger partial charge in [-0.1, -0.05) is 36.4 Å². The first kappa shape index (κ1) is 21.3. The van der Waals surface area contributed by atoms with E-state index in [0.717, 1.165) is 5.56 Å². The predicted molar refractivity (Wildman–Crippen MR) is 124 cm³/mol. The molecular formula is C25H24N2O5S. The summed E-state index contributed by atoms with van der Waals surface area (Å²) in [5.74, 6) is 0.941. The number of benzene rings is 3. The maximum atomic E-state index is 13.5. The van der Waals surface area contributed by atoms with E-state index in [2.05, 4.69) is 5.32 Å². The molecule has 7 nitrogen and oxygen atoms in total. The molecule has 0 aliphatic carbocycles. The zero-order chi connectivity index (χ0) is 23.0. The molecule has 0 saturated carbocycles. The van der Waals surface area contributed by atoms with Crippen molar-refractivity contribution in [2.75, 3.05) is 17.5 Å². The molecule has 5 rings (SSSR count). The maximum Gasteiger partial charge on any atom is 0.264 e. The van der Waals surface area contributed by atoms with Crippen LogP contribution in [0, 0.1) is 0 Å². The molecule has 33 heavy (non-hydrogen) atoms. The molecule has 2 aliphatic rings. The highest BCUT2D eigenvalue weighted by atomic mass is 32.2. The van der Waals surface area contributed by atoms with Crippen molar-refractivity contribution >= 4 is 21.6 Å². The minimum absolute atomic E-state index is 0.0879. The Hall–Kier alpha value is -3.52. The number of carbonyl (C=O) groups excluding carboxylic acids is 1. The Balaban J connectivity index is 1.31. The zero-order valence-corrected chi connectivity index (χ0v) is 18.9. The Morgan fingerprint density at radius 2 is 1.79 bits per heavy atom. The molecule has 2 aliphatic heterocycles. The topological polar surface area (TPSA) is 84.9 Å². The molecule has 3 aromatic carbocycles. The molecule has 170 valence electrons. The Morgan fingerprint density at radius 3 is 2.64 bits per heavy atom. The molecule has 2 heterocycles. The highest BCUT2D eigenvalue weighted by Gasteiger charge is 2.36. The minimum atomic E-state index is -3.82. The van der Waals surface area contributed by atoms with Crippen molar-refractivity contribution in [2.24, 2.45) is 0 Å². The monoisotopic (exact) mass is 464 g/mol. The van der Waals surface area contributed by atoms with Gasteiger partial charge in [0.1, 0.15) is 12.7 Å². The lowest BCUT2D eigenvalue weighted by molar-refractivity contribution is 0.0789. The van der Waals surface area contributed by atoms with Crippen LogP contribution in [0.15, 0.2) is 77.7 Å². The van der Waals surface area contributed by atoms with Crippen LogP contribution < -0.4 is 19.1 Å². The van der Waals surface area contributed by atoms with Gasteiger partial charge >= 0.3 is 0 Å². The van der Waals surface area contributed by atoms with Crippen LogP contribution in [0.5, 0.6) is 11.5 Å². The third-order valence-electron chi connectivity index (χ3n) is 5.86. The van der Waals surface area contributed by atoms with Crippen LogP contribution in [-0.2, 0) is 16.4 Å². The van der Waals surface area contributed by atoms with Gasteiger partial charge in [-0.2, -0.15) is 0 Å². The Bertz CT molecular complexity index is 1310. The number of anilines is 1. The number of nitrogens with zero attached hydrogens (tertiary/aromatic N) is 1. The summed E-state index contributed by atoms with van der Waals surface area (Å²) in [6, 6.07) is 20.8. The first-order valence-corrected chi connectivity index (χ1v) is 12.3. The summed E-state index contributed by atoms with van der Waals surface area (Å²) in [6.07, 6.45) is 0.319. The van der Waals surface area contributed by atoms with E-state index in [4.69, 9.17) is 9.47 Å². The van der Waals surface area contributed by atoms with Crippen molar-refractivity contribution in [3.63, 3.8) is 0 Å². The fourth-order valence-corrected chi connectivity index (χ4v) is 6.03. The van der Waals surface area contributed by atoms with E-state index in [1.54, 1.807) is 12.1 Å². The molecule has 0 bridgehead atoms. The lowest BCUT2D eigenvalue weighted by atomic mass is 10.1. The van der Waals surface area contributed by atoms with Gasteiger partial charge in [-0.05, 0) is 55.3 Å². The largest absolute Gasteiger partial charge is 0.486 e. The highest BCUT2D eigenvalue weighted by molar-refractivity contribution is 7.92. The summed E-state index contributed by atoms with van der Waals surface area (Å²) < 4.78 is 39.9. The van der Waals surface area contributed by atoms with Gasteiger partial charge in [-0.15, -0.1) is 0 Å². The molecule has 2 atom stereocenters. The van der Waals surface area contributed by atoms with Crippen LogP contribution in [0.25, 0.3) is 0 Å². The average Bonchev–Trinajstić information content (AvgIpc) is 3.19. The standard InChI is InChI=1S/C25H24N2O5S/c1-17-13-18-7-2-3-10-22(18)27(17)33(29,30)21-9-6-8-19(14-21)25(28)26-15-20-16-31-23-11-4-5-12-24(23)32-20/h2-12,14,17,20H,13,15-16H2,1H3,(H,26,28)/t17-,20-/m0/s1. The highest BCUT2D eigenvalue weighted by Crippen LogP contribution is 2.36. The van der Waals surface area contributed by atoms with Crippen LogP contribution >= 0.6 is 0 Å². The van der Waals surface area contributed by atoms with Crippen molar-refractivity contribution in [1.82, 2.24) is 5.32 Å². The molecule has 0 spiro atoms. The van der Waals surface area contributed by atoms with Crippen LogP contribution in [0.3, 0.4) is 0 Å². The Kier molecular flexibility index (Phi) is 5.46. The molecule has 1 N–H and O–H groups in total. The van der Waals surface area contributed by atoms with Gasteiger partial charge in [0.2, 0.25) is 0 Å². The second-order valence-corrected chi connectivity index (χ2v) is 10.0. The Morgan fingerprint density at radius 1 is 1.03 bits per heavy atom. The van der Waals surface area contributed by atoms with Gasteiger partial charge < -0.3 is 14.8 Å². The van der Waals surface area contributed by atoms with Crippen molar-refractivity contribution in [3.8, 4) is 11.5 Å². The van der Waals surface area contributed by atoms with Crippen LogP contribution in [0.2, 0.25) is 0 Å². The third kappa shape index (κ3) is 4.02. The second-order valence-electron chi connectivity index (χ2n) is 8.22. The minimum Gasteiger partial charge on any atom is -0.486 e. The summed E-state index contributed by atoms with van der Waals surface area (Å²) in [4.78, 5) is 12.9.